The summed E-state index contributed by atoms with van der Waals surface area (Å²) in [6.45, 7) is 5.71. The summed E-state index contributed by atoms with van der Waals surface area (Å²) in [6.07, 6.45) is 5.89. The summed E-state index contributed by atoms with van der Waals surface area (Å²) in [5, 5.41) is 3.10. The molecule has 10 heteroatoms. The lowest BCUT2D eigenvalue weighted by molar-refractivity contribution is -0.139. The number of carbonyl (C=O) groups is 2. The molecule has 230 valence electrons. The summed E-state index contributed by atoms with van der Waals surface area (Å²) in [6, 6.07) is 20.3. The number of hydrogen-bond acceptors (Lipinski definition) is 6. The van der Waals surface area contributed by atoms with Crippen LogP contribution in [0, 0.1) is 6.92 Å². The number of aryl methyl sites for hydroxylation is 1. The van der Waals surface area contributed by atoms with Crippen LogP contribution in [0.2, 0.25) is 0 Å². The number of anilines is 1. The number of carbonyl (C=O) groups excluding carboxylic acids is 2. The highest BCUT2D eigenvalue weighted by Gasteiger charge is 2.33. The van der Waals surface area contributed by atoms with E-state index in [2.05, 4.69) is 5.32 Å². The van der Waals surface area contributed by atoms with Crippen molar-refractivity contribution in [2.24, 2.45) is 0 Å². The Morgan fingerprint density at radius 2 is 1.60 bits per heavy atom. The molecule has 4 rings (SSSR count). The minimum Gasteiger partial charge on any atom is -0.494 e. The van der Waals surface area contributed by atoms with Gasteiger partial charge in [-0.15, -0.1) is 11.8 Å². The molecule has 1 N–H and O–H groups in total. The van der Waals surface area contributed by atoms with E-state index in [-0.39, 0.29) is 23.4 Å². The largest absolute Gasteiger partial charge is 0.494 e. The standard InChI is InChI=1S/C33H41N3O5S2/c1-5-41-29-16-14-28(15-17-29)36(43(39,40)31-20-18-30(42-4)19-21-31)23-32(37)35(22-26-12-10-24(2)11-13-26)25(3)33(38)34-27-8-6-7-9-27/h10-21,25,27H,5-9,22-23H2,1-4H3,(H,34,38). The maximum Gasteiger partial charge on any atom is 0.264 e. The van der Waals surface area contributed by atoms with Crippen LogP contribution >= 0.6 is 11.8 Å². The molecule has 3 aromatic carbocycles. The predicted molar refractivity (Wildman–Crippen MR) is 172 cm³/mol. The van der Waals surface area contributed by atoms with Gasteiger partial charge in [0, 0.05) is 17.5 Å². The number of thioether (sulfide) groups is 1. The van der Waals surface area contributed by atoms with Crippen molar-refractivity contribution >= 4 is 39.3 Å². The summed E-state index contributed by atoms with van der Waals surface area (Å²) in [5.74, 6) is -0.124. The van der Waals surface area contributed by atoms with E-state index in [0.717, 1.165) is 46.0 Å². The Balaban J connectivity index is 1.68. The Kier molecular flexibility index (Phi) is 11.2. The first kappa shape index (κ1) is 32.4. The number of nitrogens with one attached hydrogen (secondary N) is 1. The lowest BCUT2D eigenvalue weighted by Gasteiger charge is -2.32. The van der Waals surface area contributed by atoms with Gasteiger partial charge >= 0.3 is 0 Å². The molecule has 0 bridgehead atoms. The van der Waals surface area contributed by atoms with Crippen LogP contribution in [0.1, 0.15) is 50.7 Å². The second kappa shape index (κ2) is 14.8. The molecule has 1 unspecified atom stereocenters. The van der Waals surface area contributed by atoms with E-state index in [9.17, 15) is 18.0 Å². The first-order chi connectivity index (χ1) is 20.6. The third kappa shape index (κ3) is 8.32. The van der Waals surface area contributed by atoms with Crippen molar-refractivity contribution in [3.8, 4) is 5.75 Å². The molecule has 43 heavy (non-hydrogen) atoms. The summed E-state index contributed by atoms with van der Waals surface area (Å²) in [7, 11) is -4.14. The maximum atomic E-state index is 14.1. The minimum absolute atomic E-state index is 0.0732. The van der Waals surface area contributed by atoms with E-state index in [4.69, 9.17) is 4.74 Å². The maximum absolute atomic E-state index is 14.1. The molecule has 0 heterocycles. The van der Waals surface area contributed by atoms with Gasteiger partial charge in [-0.25, -0.2) is 8.42 Å². The van der Waals surface area contributed by atoms with Crippen LogP contribution in [-0.4, -0.2) is 56.6 Å². The molecule has 0 aliphatic heterocycles. The highest BCUT2D eigenvalue weighted by atomic mass is 32.2. The molecule has 0 saturated heterocycles. The highest BCUT2D eigenvalue weighted by Crippen LogP contribution is 2.28. The molecule has 1 fully saturated rings. The van der Waals surface area contributed by atoms with Crippen molar-refractivity contribution in [1.82, 2.24) is 10.2 Å². The molecule has 1 saturated carbocycles. The van der Waals surface area contributed by atoms with E-state index in [1.165, 1.54) is 16.7 Å². The Morgan fingerprint density at radius 1 is 0.977 bits per heavy atom. The quantitative estimate of drug-likeness (QED) is 0.242. The van der Waals surface area contributed by atoms with E-state index in [1.807, 2.05) is 44.4 Å². The van der Waals surface area contributed by atoms with Crippen LogP contribution in [0.3, 0.4) is 0 Å². The first-order valence-electron chi connectivity index (χ1n) is 14.7. The van der Waals surface area contributed by atoms with Crippen LogP contribution in [-0.2, 0) is 26.2 Å². The zero-order valence-corrected chi connectivity index (χ0v) is 26.9. The average Bonchev–Trinajstić information content (AvgIpc) is 3.53. The smallest absolute Gasteiger partial charge is 0.264 e. The van der Waals surface area contributed by atoms with E-state index < -0.39 is 28.5 Å². The van der Waals surface area contributed by atoms with Gasteiger partial charge in [0.25, 0.3) is 10.0 Å². The monoisotopic (exact) mass is 623 g/mol. The molecule has 2 amide bonds. The normalized spacial score (nSPS) is 14.2. The van der Waals surface area contributed by atoms with E-state index in [0.29, 0.717) is 18.0 Å². The number of amides is 2. The Bertz CT molecular complexity index is 1470. The second-order valence-corrected chi connectivity index (χ2v) is 13.5. The lowest BCUT2D eigenvalue weighted by Crippen LogP contribution is -2.52. The Hall–Kier alpha value is -3.50. The summed E-state index contributed by atoms with van der Waals surface area (Å²) < 4.78 is 34.8. The predicted octanol–water partition coefficient (Wildman–Crippen LogP) is 5.79. The second-order valence-electron chi connectivity index (χ2n) is 10.8. The molecule has 3 aromatic rings. The third-order valence-corrected chi connectivity index (χ3v) is 10.2. The van der Waals surface area contributed by atoms with Gasteiger partial charge in [-0.2, -0.15) is 0 Å². The molecule has 1 atom stereocenters. The van der Waals surface area contributed by atoms with E-state index in [1.54, 1.807) is 55.5 Å². The van der Waals surface area contributed by atoms with Gasteiger partial charge in [-0.3, -0.25) is 13.9 Å². The van der Waals surface area contributed by atoms with E-state index >= 15 is 0 Å². The molecular formula is C33H41N3O5S2. The van der Waals surface area contributed by atoms with Crippen LogP contribution in [0.4, 0.5) is 5.69 Å². The molecule has 0 spiro atoms. The van der Waals surface area contributed by atoms with Gasteiger partial charge in [0.2, 0.25) is 11.8 Å². The lowest BCUT2D eigenvalue weighted by atomic mass is 10.1. The Morgan fingerprint density at radius 3 is 2.19 bits per heavy atom. The van der Waals surface area contributed by atoms with Crippen LogP contribution in [0.15, 0.2) is 82.6 Å². The molecule has 1 aliphatic carbocycles. The molecule has 1 aliphatic rings. The van der Waals surface area contributed by atoms with Gasteiger partial charge in [0.15, 0.2) is 0 Å². The van der Waals surface area contributed by atoms with Gasteiger partial charge < -0.3 is 15.0 Å². The molecule has 0 aromatic heterocycles. The van der Waals surface area contributed by atoms with Crippen LogP contribution in [0.25, 0.3) is 0 Å². The van der Waals surface area contributed by atoms with Crippen molar-refractivity contribution in [2.75, 3.05) is 23.7 Å². The van der Waals surface area contributed by atoms with Crippen LogP contribution < -0.4 is 14.4 Å². The average molecular weight is 624 g/mol. The number of ether oxygens (including phenoxy) is 1. The molecule has 0 radical (unpaired) electrons. The topological polar surface area (TPSA) is 96.0 Å². The van der Waals surface area contributed by atoms with Crippen molar-refractivity contribution in [3.05, 3.63) is 83.9 Å². The fourth-order valence-corrected chi connectivity index (χ4v) is 6.97. The molecular weight excluding hydrogens is 583 g/mol. The number of rotatable bonds is 13. The SMILES string of the molecule is CCOc1ccc(N(CC(=O)N(Cc2ccc(C)cc2)C(C)C(=O)NC2CCCC2)S(=O)(=O)c2ccc(SC)cc2)cc1. The van der Waals surface area contributed by atoms with Gasteiger partial charge in [0.05, 0.1) is 17.2 Å². The number of benzene rings is 3. The summed E-state index contributed by atoms with van der Waals surface area (Å²) in [5.41, 5.74) is 2.25. The molecule has 8 nitrogen and oxygen atoms in total. The Labute approximate surface area is 259 Å². The minimum atomic E-state index is -4.14. The number of sulfonamides is 1. The van der Waals surface area contributed by atoms with Gasteiger partial charge in [0.1, 0.15) is 18.3 Å². The van der Waals surface area contributed by atoms with Gasteiger partial charge in [-0.1, -0.05) is 42.7 Å². The fraction of sp³-hybridized carbons (Fsp3) is 0.394. The van der Waals surface area contributed by atoms with Crippen molar-refractivity contribution < 1.29 is 22.7 Å². The zero-order chi connectivity index (χ0) is 31.0. The number of hydrogen-bond donors (Lipinski definition) is 1. The first-order valence-corrected chi connectivity index (χ1v) is 17.3. The van der Waals surface area contributed by atoms with Crippen LogP contribution in [0.5, 0.6) is 5.75 Å². The van der Waals surface area contributed by atoms with Crippen molar-refractivity contribution in [3.63, 3.8) is 0 Å². The highest BCUT2D eigenvalue weighted by molar-refractivity contribution is 7.98. The van der Waals surface area contributed by atoms with Crippen molar-refractivity contribution in [1.29, 1.82) is 0 Å². The van der Waals surface area contributed by atoms with Crippen molar-refractivity contribution in [2.45, 2.75) is 74.9 Å². The fourth-order valence-electron chi connectivity index (χ4n) is 5.14. The summed E-state index contributed by atoms with van der Waals surface area (Å²) >= 11 is 1.51. The number of nitrogens with zero attached hydrogens (tertiary/aromatic N) is 2. The summed E-state index contributed by atoms with van der Waals surface area (Å²) in [4.78, 5) is 30.0. The third-order valence-electron chi connectivity index (χ3n) is 7.70. The van der Waals surface area contributed by atoms with Gasteiger partial charge in [-0.05, 0) is 94.0 Å². The zero-order valence-electron chi connectivity index (χ0n) is 25.3.